The van der Waals surface area contributed by atoms with E-state index in [4.69, 9.17) is 0 Å². The smallest absolute Gasteiger partial charge is 0.0655 e. The summed E-state index contributed by atoms with van der Waals surface area (Å²) in [7, 11) is 0. The van der Waals surface area contributed by atoms with Crippen LogP contribution in [-0.2, 0) is 0 Å². The standard InChI is InChI=1S/C80H84B2/c1-45-43-71(81(77-57(13)49(5)73(50(6)58(77)14)65-33-25-21-26-34-65)78-59(15)51(7)74(52(8)60(78)16)66-35-27-22-28-36-66)47(3)41-69(45)70-42-48(4)72(44-46(70)2)82(79-61(17)53(9)75(54(10)62(79)18)67-37-29-23-30-38-67)80-63(19)55(11)76(56(12)64(80)20)68-39-31-24-32-40-68/h21-44H,1-20H3. The van der Waals surface area contributed by atoms with Crippen LogP contribution < -0.4 is 32.8 Å². The van der Waals surface area contributed by atoms with Gasteiger partial charge in [0, 0.05) is 0 Å². The van der Waals surface area contributed by atoms with Gasteiger partial charge in [0.15, 0.2) is 0 Å². The van der Waals surface area contributed by atoms with Crippen LogP contribution in [0, 0.1) is 138 Å². The Kier molecular flexibility index (Phi) is 15.9. The van der Waals surface area contributed by atoms with E-state index in [-0.39, 0.29) is 13.4 Å². The third-order valence-corrected chi connectivity index (χ3v) is 20.3. The van der Waals surface area contributed by atoms with Gasteiger partial charge < -0.3 is 0 Å². The molecule has 0 nitrogen and oxygen atoms in total. The molecule has 82 heavy (non-hydrogen) atoms. The summed E-state index contributed by atoms with van der Waals surface area (Å²) in [4.78, 5) is 0. The van der Waals surface area contributed by atoms with Crippen molar-refractivity contribution in [2.45, 2.75) is 138 Å². The molecule has 0 saturated heterocycles. The Balaban J connectivity index is 1.20. The van der Waals surface area contributed by atoms with E-state index < -0.39 is 0 Å². The van der Waals surface area contributed by atoms with Crippen LogP contribution in [0.3, 0.4) is 0 Å². The van der Waals surface area contributed by atoms with E-state index in [2.05, 4.69) is 284 Å². The fourth-order valence-electron chi connectivity index (χ4n) is 15.0. The van der Waals surface area contributed by atoms with Crippen LogP contribution >= 0.6 is 0 Å². The summed E-state index contributed by atoms with van der Waals surface area (Å²) in [6, 6.07) is 54.3. The summed E-state index contributed by atoms with van der Waals surface area (Å²) in [6.45, 7) is 47.5. The Morgan fingerprint density at radius 1 is 0.195 bits per heavy atom. The summed E-state index contributed by atoms with van der Waals surface area (Å²) in [5, 5.41) is 0. The molecule has 0 aromatic heterocycles. The zero-order chi connectivity index (χ0) is 58.9. The SMILES string of the molecule is Cc1cc(-c2cc(C)c(B(c3c(C)c(C)c(-c4ccccc4)c(C)c3C)c3c(C)c(C)c(-c4ccccc4)c(C)c3C)cc2C)c(C)cc1B(c1c(C)c(C)c(-c2ccccc2)c(C)c1C)c1c(C)c(C)c(-c2ccccc2)c(C)c1C. The van der Waals surface area contributed by atoms with Crippen LogP contribution in [0.1, 0.15) is 111 Å². The molecule has 0 radical (unpaired) electrons. The zero-order valence-corrected chi connectivity index (χ0v) is 53.0. The van der Waals surface area contributed by atoms with Crippen molar-refractivity contribution >= 4 is 46.2 Å². The van der Waals surface area contributed by atoms with Gasteiger partial charge in [0.2, 0.25) is 13.4 Å². The van der Waals surface area contributed by atoms with Crippen molar-refractivity contribution in [3.05, 3.63) is 257 Å². The molecular formula is C80H84B2. The summed E-state index contributed by atoms with van der Waals surface area (Å²) in [5.74, 6) is 0. The minimum Gasteiger partial charge on any atom is -0.0655 e. The maximum atomic E-state index is 2.57. The number of hydrogen-bond donors (Lipinski definition) is 0. The van der Waals surface area contributed by atoms with E-state index in [0.29, 0.717) is 0 Å². The fraction of sp³-hybridized carbons (Fsp3) is 0.250. The lowest BCUT2D eigenvalue weighted by molar-refractivity contribution is 1.26. The predicted molar refractivity (Wildman–Crippen MR) is 363 cm³/mol. The molecule has 10 aromatic rings. The fourth-order valence-corrected chi connectivity index (χ4v) is 15.0. The third-order valence-electron chi connectivity index (χ3n) is 20.3. The van der Waals surface area contributed by atoms with Gasteiger partial charge in [0.05, 0.1) is 0 Å². The molecule has 0 heterocycles. The van der Waals surface area contributed by atoms with E-state index in [1.165, 1.54) is 200 Å². The largest absolute Gasteiger partial charge is 0.242 e. The highest BCUT2D eigenvalue weighted by molar-refractivity contribution is 6.97. The van der Waals surface area contributed by atoms with Crippen molar-refractivity contribution in [3.8, 4) is 55.6 Å². The first-order valence-corrected chi connectivity index (χ1v) is 29.9. The van der Waals surface area contributed by atoms with Gasteiger partial charge in [-0.05, 0) is 250 Å². The molecule has 0 amide bonds. The van der Waals surface area contributed by atoms with Crippen molar-refractivity contribution in [3.63, 3.8) is 0 Å². The predicted octanol–water partition coefficient (Wildman–Crippen LogP) is 17.2. The maximum Gasteiger partial charge on any atom is 0.242 e. The molecule has 0 atom stereocenters. The van der Waals surface area contributed by atoms with Crippen molar-refractivity contribution in [1.82, 2.24) is 0 Å². The number of rotatable bonds is 11. The highest BCUT2D eigenvalue weighted by atomic mass is 14.3. The molecule has 0 saturated carbocycles. The van der Waals surface area contributed by atoms with Gasteiger partial charge in [-0.1, -0.05) is 234 Å². The summed E-state index contributed by atoms with van der Waals surface area (Å²) >= 11 is 0. The molecular weight excluding hydrogens is 983 g/mol. The van der Waals surface area contributed by atoms with E-state index in [0.717, 1.165) is 0 Å². The Hall–Kier alpha value is -7.67. The average molecular weight is 1070 g/mol. The van der Waals surface area contributed by atoms with Gasteiger partial charge in [-0.25, -0.2) is 0 Å². The van der Waals surface area contributed by atoms with Gasteiger partial charge in [0.25, 0.3) is 0 Å². The Bertz CT molecular complexity index is 3550. The van der Waals surface area contributed by atoms with Crippen molar-refractivity contribution in [1.29, 1.82) is 0 Å². The van der Waals surface area contributed by atoms with Gasteiger partial charge in [0.1, 0.15) is 0 Å². The van der Waals surface area contributed by atoms with Crippen molar-refractivity contribution < 1.29 is 0 Å². The number of hydrogen-bond acceptors (Lipinski definition) is 0. The monoisotopic (exact) mass is 1070 g/mol. The molecule has 0 bridgehead atoms. The molecule has 0 unspecified atom stereocenters. The van der Waals surface area contributed by atoms with Crippen molar-refractivity contribution in [2.75, 3.05) is 0 Å². The van der Waals surface area contributed by atoms with Crippen LogP contribution in [0.2, 0.25) is 0 Å². The van der Waals surface area contributed by atoms with E-state index in [1.54, 1.807) is 0 Å². The van der Waals surface area contributed by atoms with Crippen LogP contribution in [0.4, 0.5) is 0 Å². The second-order valence-corrected chi connectivity index (χ2v) is 24.5. The van der Waals surface area contributed by atoms with Crippen LogP contribution in [-0.4, -0.2) is 13.4 Å². The molecule has 0 N–H and O–H groups in total. The first-order valence-electron chi connectivity index (χ1n) is 29.9. The molecule has 0 spiro atoms. The quantitative estimate of drug-likeness (QED) is 0.113. The molecule has 0 aliphatic carbocycles. The summed E-state index contributed by atoms with van der Waals surface area (Å²) < 4.78 is 0. The molecule has 10 rings (SSSR count). The summed E-state index contributed by atoms with van der Waals surface area (Å²) in [6.07, 6.45) is 0. The normalized spacial score (nSPS) is 11.4. The van der Waals surface area contributed by atoms with Gasteiger partial charge in [-0.3, -0.25) is 0 Å². The topological polar surface area (TPSA) is 0 Å². The second kappa shape index (κ2) is 22.6. The second-order valence-electron chi connectivity index (χ2n) is 24.5. The molecule has 2 heteroatoms. The third kappa shape index (κ3) is 9.55. The minimum absolute atomic E-state index is 0.0153. The lowest BCUT2D eigenvalue weighted by Gasteiger charge is -2.32. The van der Waals surface area contributed by atoms with E-state index in [1.807, 2.05) is 0 Å². The molecule has 0 aliphatic rings. The Morgan fingerprint density at radius 2 is 0.378 bits per heavy atom. The molecule has 10 aromatic carbocycles. The Labute approximate surface area is 494 Å². The highest BCUT2D eigenvalue weighted by Gasteiger charge is 2.36. The molecule has 0 aliphatic heterocycles. The summed E-state index contributed by atoms with van der Waals surface area (Å²) in [5.41, 5.74) is 48.8. The van der Waals surface area contributed by atoms with Crippen molar-refractivity contribution in [2.24, 2.45) is 0 Å². The lowest BCUT2D eigenvalue weighted by Crippen LogP contribution is -2.57. The lowest BCUT2D eigenvalue weighted by atomic mass is 9.32. The van der Waals surface area contributed by atoms with Crippen LogP contribution in [0.5, 0.6) is 0 Å². The van der Waals surface area contributed by atoms with Gasteiger partial charge >= 0.3 is 0 Å². The first kappa shape index (κ1) is 57.6. The Morgan fingerprint density at radius 3 is 0.561 bits per heavy atom. The highest BCUT2D eigenvalue weighted by Crippen LogP contribution is 2.38. The molecule has 410 valence electrons. The van der Waals surface area contributed by atoms with Gasteiger partial charge in [-0.15, -0.1) is 0 Å². The first-order chi connectivity index (χ1) is 39.1. The van der Waals surface area contributed by atoms with E-state index in [9.17, 15) is 0 Å². The molecule has 0 fully saturated rings. The zero-order valence-electron chi connectivity index (χ0n) is 53.0. The average Bonchev–Trinajstić information content (AvgIpc) is 1.66. The maximum absolute atomic E-state index is 2.57. The van der Waals surface area contributed by atoms with Gasteiger partial charge in [-0.2, -0.15) is 0 Å². The number of benzene rings is 10. The van der Waals surface area contributed by atoms with Crippen LogP contribution in [0.15, 0.2) is 146 Å². The minimum atomic E-state index is 0.0153. The van der Waals surface area contributed by atoms with E-state index >= 15 is 0 Å². The number of aryl methyl sites for hydroxylation is 4. The van der Waals surface area contributed by atoms with Crippen LogP contribution in [0.25, 0.3) is 55.6 Å².